The van der Waals surface area contributed by atoms with Crippen molar-refractivity contribution in [2.24, 2.45) is 0 Å². The largest absolute Gasteiger partial charge is 0.508 e. The molecule has 0 aliphatic carbocycles. The molecule has 1 heterocycles. The van der Waals surface area contributed by atoms with Gasteiger partial charge in [-0.25, -0.2) is 0 Å². The van der Waals surface area contributed by atoms with Crippen molar-refractivity contribution in [2.75, 3.05) is 5.32 Å². The molecule has 1 amide bonds. The zero-order valence-electron chi connectivity index (χ0n) is 13.2. The van der Waals surface area contributed by atoms with Crippen molar-refractivity contribution in [1.29, 1.82) is 0 Å². The lowest BCUT2D eigenvalue weighted by Gasteiger charge is -2.05. The maximum absolute atomic E-state index is 12.1. The molecule has 0 aliphatic heterocycles. The SMILES string of the molecule is Cc1cccc(OCc2ccc(C(=O)Nc3cccc(O)c3)o2)c1. The number of rotatable bonds is 5. The number of carbonyl (C=O) groups is 1. The molecule has 0 atom stereocenters. The van der Waals surface area contributed by atoms with Crippen LogP contribution in [0.2, 0.25) is 0 Å². The van der Waals surface area contributed by atoms with E-state index in [1.165, 1.54) is 12.1 Å². The summed E-state index contributed by atoms with van der Waals surface area (Å²) in [5.41, 5.74) is 1.60. The van der Waals surface area contributed by atoms with Crippen molar-refractivity contribution in [3.8, 4) is 11.5 Å². The van der Waals surface area contributed by atoms with Crippen molar-refractivity contribution in [3.63, 3.8) is 0 Å². The predicted molar refractivity (Wildman–Crippen MR) is 90.3 cm³/mol. The summed E-state index contributed by atoms with van der Waals surface area (Å²) in [5, 5.41) is 12.1. The summed E-state index contributed by atoms with van der Waals surface area (Å²) in [7, 11) is 0. The van der Waals surface area contributed by atoms with Crippen molar-refractivity contribution in [3.05, 3.63) is 77.7 Å². The van der Waals surface area contributed by atoms with Crippen LogP contribution < -0.4 is 10.1 Å². The Labute approximate surface area is 139 Å². The molecule has 5 nitrogen and oxygen atoms in total. The predicted octanol–water partition coefficient (Wildman–Crippen LogP) is 4.12. The molecule has 0 aliphatic rings. The summed E-state index contributed by atoms with van der Waals surface area (Å²) >= 11 is 0. The average Bonchev–Trinajstić information content (AvgIpc) is 3.02. The van der Waals surface area contributed by atoms with E-state index in [1.54, 1.807) is 24.3 Å². The Morgan fingerprint density at radius 3 is 2.75 bits per heavy atom. The normalized spacial score (nSPS) is 10.4. The lowest BCUT2D eigenvalue weighted by molar-refractivity contribution is 0.0992. The Hall–Kier alpha value is -3.21. The van der Waals surface area contributed by atoms with Crippen LogP contribution >= 0.6 is 0 Å². The molecule has 0 unspecified atom stereocenters. The zero-order valence-corrected chi connectivity index (χ0v) is 13.2. The number of aromatic hydroxyl groups is 1. The van der Waals surface area contributed by atoms with Crippen LogP contribution in [0.15, 0.2) is 65.1 Å². The summed E-state index contributed by atoms with van der Waals surface area (Å²) in [4.78, 5) is 12.1. The topological polar surface area (TPSA) is 71.7 Å². The van der Waals surface area contributed by atoms with Gasteiger partial charge in [0, 0.05) is 11.8 Å². The molecule has 1 aromatic heterocycles. The molecular weight excluding hydrogens is 306 g/mol. The number of phenols is 1. The van der Waals surface area contributed by atoms with Gasteiger partial charge in [-0.2, -0.15) is 0 Å². The number of nitrogens with one attached hydrogen (secondary N) is 1. The third-order valence-corrected chi connectivity index (χ3v) is 3.36. The number of benzene rings is 2. The summed E-state index contributed by atoms with van der Waals surface area (Å²) in [6.07, 6.45) is 0. The fraction of sp³-hybridized carbons (Fsp3) is 0.105. The molecule has 0 bridgehead atoms. The number of furan rings is 1. The molecule has 122 valence electrons. The van der Waals surface area contributed by atoms with E-state index < -0.39 is 0 Å². The molecule has 3 aromatic rings. The highest BCUT2D eigenvalue weighted by atomic mass is 16.5. The van der Waals surface area contributed by atoms with E-state index in [2.05, 4.69) is 5.32 Å². The van der Waals surface area contributed by atoms with Crippen LogP contribution in [0.3, 0.4) is 0 Å². The first-order valence-electron chi connectivity index (χ1n) is 7.49. The summed E-state index contributed by atoms with van der Waals surface area (Å²) in [5.74, 6) is 1.18. The Morgan fingerprint density at radius 2 is 1.96 bits per heavy atom. The second-order valence-corrected chi connectivity index (χ2v) is 5.38. The van der Waals surface area contributed by atoms with Crippen LogP contribution in [-0.4, -0.2) is 11.0 Å². The Kier molecular flexibility index (Phi) is 4.52. The van der Waals surface area contributed by atoms with Gasteiger partial charge in [-0.3, -0.25) is 4.79 Å². The molecular formula is C19H17NO4. The quantitative estimate of drug-likeness (QED) is 0.741. The first-order chi connectivity index (χ1) is 11.6. The van der Waals surface area contributed by atoms with Gasteiger partial charge in [0.1, 0.15) is 23.9 Å². The van der Waals surface area contributed by atoms with Gasteiger partial charge in [0.05, 0.1) is 0 Å². The average molecular weight is 323 g/mol. The van der Waals surface area contributed by atoms with E-state index in [4.69, 9.17) is 9.15 Å². The van der Waals surface area contributed by atoms with Crippen LogP contribution in [0.25, 0.3) is 0 Å². The van der Waals surface area contributed by atoms with E-state index in [0.717, 1.165) is 11.3 Å². The zero-order chi connectivity index (χ0) is 16.9. The molecule has 2 aromatic carbocycles. The number of phenolic OH excluding ortho intramolecular Hbond substituents is 1. The van der Waals surface area contributed by atoms with Gasteiger partial charge < -0.3 is 19.6 Å². The molecule has 3 rings (SSSR count). The molecule has 2 N–H and O–H groups in total. The first kappa shape index (κ1) is 15.7. The monoisotopic (exact) mass is 323 g/mol. The minimum atomic E-state index is -0.387. The van der Waals surface area contributed by atoms with Gasteiger partial charge in [-0.05, 0) is 48.9 Å². The molecule has 24 heavy (non-hydrogen) atoms. The number of aryl methyl sites for hydroxylation is 1. The van der Waals surface area contributed by atoms with Gasteiger partial charge in [0.2, 0.25) is 0 Å². The summed E-state index contributed by atoms with van der Waals surface area (Å²) in [6, 6.07) is 17.3. The number of ether oxygens (including phenoxy) is 1. The number of hydrogen-bond acceptors (Lipinski definition) is 4. The highest BCUT2D eigenvalue weighted by Gasteiger charge is 2.12. The van der Waals surface area contributed by atoms with Crippen LogP contribution in [0.5, 0.6) is 11.5 Å². The van der Waals surface area contributed by atoms with Gasteiger partial charge in [-0.15, -0.1) is 0 Å². The van der Waals surface area contributed by atoms with Gasteiger partial charge in [-0.1, -0.05) is 18.2 Å². The first-order valence-corrected chi connectivity index (χ1v) is 7.49. The van der Waals surface area contributed by atoms with Gasteiger partial charge in [0.25, 0.3) is 5.91 Å². The van der Waals surface area contributed by atoms with Gasteiger partial charge in [0.15, 0.2) is 5.76 Å². The van der Waals surface area contributed by atoms with Crippen LogP contribution in [-0.2, 0) is 6.61 Å². The number of hydrogen-bond donors (Lipinski definition) is 2. The van der Waals surface area contributed by atoms with Gasteiger partial charge >= 0.3 is 0 Å². The maximum Gasteiger partial charge on any atom is 0.291 e. The minimum Gasteiger partial charge on any atom is -0.508 e. The Morgan fingerprint density at radius 1 is 1.12 bits per heavy atom. The fourth-order valence-electron chi connectivity index (χ4n) is 2.21. The molecule has 0 fully saturated rings. The maximum atomic E-state index is 12.1. The van der Waals surface area contributed by atoms with E-state index in [9.17, 15) is 9.90 Å². The Balaban J connectivity index is 1.61. The summed E-state index contributed by atoms with van der Waals surface area (Å²) < 4.78 is 11.1. The van der Waals surface area contributed by atoms with Crippen molar-refractivity contribution in [1.82, 2.24) is 0 Å². The fourth-order valence-corrected chi connectivity index (χ4v) is 2.21. The molecule has 0 spiro atoms. The van der Waals surface area contributed by atoms with Crippen molar-refractivity contribution in [2.45, 2.75) is 13.5 Å². The number of amides is 1. The molecule has 0 radical (unpaired) electrons. The van der Waals surface area contributed by atoms with Crippen LogP contribution in [0, 0.1) is 6.92 Å². The highest BCUT2D eigenvalue weighted by Crippen LogP contribution is 2.18. The highest BCUT2D eigenvalue weighted by molar-refractivity contribution is 6.02. The van der Waals surface area contributed by atoms with E-state index >= 15 is 0 Å². The molecule has 5 heteroatoms. The smallest absolute Gasteiger partial charge is 0.291 e. The number of anilines is 1. The third kappa shape index (κ3) is 3.95. The summed E-state index contributed by atoms with van der Waals surface area (Å²) in [6.45, 7) is 2.23. The lowest BCUT2D eigenvalue weighted by atomic mass is 10.2. The van der Waals surface area contributed by atoms with Crippen molar-refractivity contribution >= 4 is 11.6 Å². The van der Waals surface area contributed by atoms with Crippen LogP contribution in [0.1, 0.15) is 21.9 Å². The third-order valence-electron chi connectivity index (χ3n) is 3.36. The van der Waals surface area contributed by atoms with E-state index in [0.29, 0.717) is 11.4 Å². The molecule has 0 saturated heterocycles. The second-order valence-electron chi connectivity index (χ2n) is 5.38. The van der Waals surface area contributed by atoms with Crippen molar-refractivity contribution < 1.29 is 19.1 Å². The van der Waals surface area contributed by atoms with Crippen LogP contribution in [0.4, 0.5) is 5.69 Å². The lowest BCUT2D eigenvalue weighted by Crippen LogP contribution is -2.10. The standard InChI is InChI=1S/C19H17NO4/c1-13-4-2-7-16(10-13)23-12-17-8-9-18(24-17)19(22)20-14-5-3-6-15(21)11-14/h2-11,21H,12H2,1H3,(H,20,22). The second kappa shape index (κ2) is 6.91. The van der Waals surface area contributed by atoms with E-state index in [-0.39, 0.29) is 24.0 Å². The minimum absolute atomic E-state index is 0.0829. The molecule has 0 saturated carbocycles. The number of carbonyl (C=O) groups excluding carboxylic acids is 1. The van der Waals surface area contributed by atoms with E-state index in [1.807, 2.05) is 31.2 Å². The Bertz CT molecular complexity index is 854.